The maximum Gasteiger partial charge on any atom is 0.255 e. The number of rotatable bonds is 8. The normalized spacial score (nSPS) is 14.2. The summed E-state index contributed by atoms with van der Waals surface area (Å²) < 4.78 is 69.7. The Kier molecular flexibility index (Phi) is 7.78. The highest BCUT2D eigenvalue weighted by Crippen LogP contribution is 2.42. The number of sulfonamides is 1. The van der Waals surface area contributed by atoms with E-state index in [-0.39, 0.29) is 34.5 Å². The molecule has 7 aromatic rings. The highest BCUT2D eigenvalue weighted by Gasteiger charge is 2.29. The number of amides is 1. The van der Waals surface area contributed by atoms with Crippen LogP contribution in [0.25, 0.3) is 60.9 Å². The van der Waals surface area contributed by atoms with E-state index in [0.29, 0.717) is 61.9 Å². The Morgan fingerprint density at radius 2 is 1.80 bits per heavy atom. The summed E-state index contributed by atoms with van der Waals surface area (Å²) in [6.07, 6.45) is 2.84. The fourth-order valence-electron chi connectivity index (χ4n) is 6.79. The number of carbonyl (C=O) groups excluding carboxylic acids is 1. The van der Waals surface area contributed by atoms with Crippen LogP contribution < -0.4 is 9.62 Å². The Morgan fingerprint density at radius 3 is 2.51 bits per heavy atom. The van der Waals surface area contributed by atoms with E-state index in [9.17, 15) is 17.6 Å². The molecule has 1 aliphatic heterocycles. The molecule has 1 amide bonds. The van der Waals surface area contributed by atoms with Crippen molar-refractivity contribution >= 4 is 59.9 Å². The number of halogens is 2. The van der Waals surface area contributed by atoms with Crippen molar-refractivity contribution in [2.45, 2.75) is 12.6 Å². The maximum atomic E-state index is 15.2. The first-order valence-corrected chi connectivity index (χ1v) is 18.0. The summed E-state index contributed by atoms with van der Waals surface area (Å²) in [5.74, 6) is -0.362. The largest absolute Gasteiger partial charge is 0.455 e. The molecule has 8 rings (SSSR count). The van der Waals surface area contributed by atoms with Crippen LogP contribution in [0.3, 0.4) is 0 Å². The highest BCUT2D eigenvalue weighted by atomic mass is 32.2. The van der Waals surface area contributed by atoms with Gasteiger partial charge in [0.1, 0.15) is 28.8 Å². The average molecular weight is 711 g/mol. The molecule has 14 heteroatoms. The van der Waals surface area contributed by atoms with Crippen LogP contribution in [0.4, 0.5) is 14.5 Å². The van der Waals surface area contributed by atoms with E-state index in [1.54, 1.807) is 43.6 Å². The van der Waals surface area contributed by atoms with Crippen LogP contribution in [0.15, 0.2) is 77.3 Å². The number of nitrogens with zero attached hydrogens (tertiary/aromatic N) is 5. The van der Waals surface area contributed by atoms with Gasteiger partial charge in [-0.05, 0) is 54.6 Å². The van der Waals surface area contributed by atoms with Crippen molar-refractivity contribution < 1.29 is 31.1 Å². The maximum absolute atomic E-state index is 15.2. The summed E-state index contributed by atoms with van der Waals surface area (Å²) >= 11 is 0. The molecule has 0 bridgehead atoms. The smallest absolute Gasteiger partial charge is 0.255 e. The lowest BCUT2D eigenvalue weighted by atomic mass is 10.00. The molecule has 1 aliphatic rings. The van der Waals surface area contributed by atoms with Gasteiger partial charge in [-0.15, -0.1) is 0 Å². The number of anilines is 1. The monoisotopic (exact) mass is 710 g/mol. The standard InChI is InChI=1S/C37H32F2N6O5S/c1-40-37(46)35-26-12-24(31(43(2)51(4,47)48)15-33(26)50-36(35)20-8-10-21(38)11-9-20)28-13-25-29(16-41-28)42-34(19-44-17-22(18-44)49-3)45-30-7-5-6-27(39)23(30)14-32(25)45/h5-16,22H,17-19H2,1-4H3,(H,40,46). The van der Waals surface area contributed by atoms with Gasteiger partial charge in [-0.3, -0.25) is 23.4 Å². The lowest BCUT2D eigenvalue weighted by Crippen LogP contribution is -2.51. The third-order valence-electron chi connectivity index (χ3n) is 9.56. The van der Waals surface area contributed by atoms with Gasteiger partial charge in [0.2, 0.25) is 10.0 Å². The number of hydrogen-bond donors (Lipinski definition) is 1. The van der Waals surface area contributed by atoms with Crippen molar-refractivity contribution in [1.29, 1.82) is 0 Å². The van der Waals surface area contributed by atoms with Gasteiger partial charge in [0.25, 0.3) is 5.91 Å². The van der Waals surface area contributed by atoms with E-state index in [4.69, 9.17) is 19.1 Å². The van der Waals surface area contributed by atoms with Crippen molar-refractivity contribution in [3.63, 3.8) is 0 Å². The number of carbonyl (C=O) groups is 1. The van der Waals surface area contributed by atoms with E-state index in [1.807, 2.05) is 10.5 Å². The Labute approximate surface area is 291 Å². The molecule has 1 fully saturated rings. The lowest BCUT2D eigenvalue weighted by molar-refractivity contribution is -0.0345. The van der Waals surface area contributed by atoms with Crippen molar-refractivity contribution in [2.24, 2.45) is 0 Å². The third kappa shape index (κ3) is 5.46. The zero-order chi connectivity index (χ0) is 35.8. The third-order valence-corrected chi connectivity index (χ3v) is 10.8. The predicted molar refractivity (Wildman–Crippen MR) is 191 cm³/mol. The number of furan rings is 1. The molecular formula is C37H32F2N6O5S. The summed E-state index contributed by atoms with van der Waals surface area (Å²) in [5, 5.41) is 4.15. The molecule has 0 saturated carbocycles. The molecule has 1 N–H and O–H groups in total. The van der Waals surface area contributed by atoms with Gasteiger partial charge in [-0.25, -0.2) is 22.2 Å². The minimum Gasteiger partial charge on any atom is -0.455 e. The summed E-state index contributed by atoms with van der Waals surface area (Å²) in [5.41, 5.74) is 3.86. The van der Waals surface area contributed by atoms with E-state index >= 15 is 4.39 Å². The molecule has 11 nitrogen and oxygen atoms in total. The number of pyridine rings is 1. The number of aromatic nitrogens is 3. The number of nitrogens with one attached hydrogen (secondary N) is 1. The van der Waals surface area contributed by atoms with E-state index < -0.39 is 21.7 Å². The van der Waals surface area contributed by atoms with Crippen LogP contribution in [0.5, 0.6) is 0 Å². The van der Waals surface area contributed by atoms with Gasteiger partial charge in [0.05, 0.1) is 58.6 Å². The number of benzene rings is 3. The predicted octanol–water partition coefficient (Wildman–Crippen LogP) is 5.98. The molecule has 5 heterocycles. The van der Waals surface area contributed by atoms with Gasteiger partial charge in [-0.2, -0.15) is 0 Å². The van der Waals surface area contributed by atoms with Crippen molar-refractivity contribution in [2.75, 3.05) is 44.9 Å². The zero-order valence-electron chi connectivity index (χ0n) is 28.1. The van der Waals surface area contributed by atoms with Gasteiger partial charge < -0.3 is 14.5 Å². The Bertz CT molecular complexity index is 2650. The zero-order valence-corrected chi connectivity index (χ0v) is 28.9. The molecule has 260 valence electrons. The lowest BCUT2D eigenvalue weighted by Gasteiger charge is -2.37. The molecule has 0 aliphatic carbocycles. The SMILES string of the molecule is CNC(=O)c1c(-c2ccc(F)cc2)oc2cc(N(C)S(C)(=O)=O)c(-c3cc4c(cn3)nc(CN3CC(OC)C3)n3c5cccc(F)c5cc43)cc12. The summed E-state index contributed by atoms with van der Waals surface area (Å²) in [6, 6.07) is 17.3. The quantitative estimate of drug-likeness (QED) is 0.205. The number of methoxy groups -OCH3 is 1. The summed E-state index contributed by atoms with van der Waals surface area (Å²) in [4.78, 5) is 25.3. The van der Waals surface area contributed by atoms with E-state index in [0.717, 1.165) is 23.7 Å². The van der Waals surface area contributed by atoms with Gasteiger partial charge in [0, 0.05) is 67.6 Å². The minimum atomic E-state index is -3.78. The van der Waals surface area contributed by atoms with Crippen LogP contribution in [-0.2, 0) is 21.3 Å². The minimum absolute atomic E-state index is 0.145. The molecule has 0 atom stereocenters. The first kappa shape index (κ1) is 32.7. The first-order valence-electron chi connectivity index (χ1n) is 16.1. The first-order chi connectivity index (χ1) is 24.4. The molecular weight excluding hydrogens is 679 g/mol. The molecule has 0 spiro atoms. The second-order valence-corrected chi connectivity index (χ2v) is 14.7. The molecule has 0 radical (unpaired) electrons. The fourth-order valence-corrected chi connectivity index (χ4v) is 7.30. The number of fused-ring (bicyclic) bond motifs is 6. The molecule has 51 heavy (non-hydrogen) atoms. The van der Waals surface area contributed by atoms with Crippen molar-refractivity contribution in [3.8, 4) is 22.6 Å². The van der Waals surface area contributed by atoms with Gasteiger partial charge >= 0.3 is 0 Å². The Balaban J connectivity index is 1.38. The van der Waals surface area contributed by atoms with Crippen LogP contribution in [0, 0.1) is 11.6 Å². The highest BCUT2D eigenvalue weighted by molar-refractivity contribution is 7.92. The molecule has 4 aromatic heterocycles. The number of hydrogen-bond acceptors (Lipinski definition) is 8. The van der Waals surface area contributed by atoms with Crippen molar-refractivity contribution in [3.05, 3.63) is 95.9 Å². The second-order valence-electron chi connectivity index (χ2n) is 12.7. The van der Waals surface area contributed by atoms with Gasteiger partial charge in [0.15, 0.2) is 0 Å². The van der Waals surface area contributed by atoms with Crippen LogP contribution in [-0.4, -0.2) is 80.2 Å². The fraction of sp³-hybridized carbons (Fsp3) is 0.216. The number of likely N-dealkylation sites (tertiary alicyclic amines) is 1. The van der Waals surface area contributed by atoms with Crippen LogP contribution in [0.1, 0.15) is 16.2 Å². The summed E-state index contributed by atoms with van der Waals surface area (Å²) in [6.45, 7) is 2.00. The molecule has 1 saturated heterocycles. The Hall–Kier alpha value is -5.44. The second kappa shape index (κ2) is 12.1. The molecule has 0 unspecified atom stereocenters. The van der Waals surface area contributed by atoms with Crippen molar-refractivity contribution in [1.82, 2.24) is 24.6 Å². The van der Waals surface area contributed by atoms with Gasteiger partial charge in [-0.1, -0.05) is 6.07 Å². The topological polar surface area (TPSA) is 122 Å². The van der Waals surface area contributed by atoms with E-state index in [2.05, 4.69) is 10.2 Å². The number of ether oxygens (including phenoxy) is 1. The average Bonchev–Trinajstić information content (AvgIpc) is 3.68. The Morgan fingerprint density at radius 1 is 1.04 bits per heavy atom. The molecule has 3 aromatic carbocycles. The van der Waals surface area contributed by atoms with Crippen LogP contribution in [0.2, 0.25) is 0 Å². The summed E-state index contributed by atoms with van der Waals surface area (Å²) in [7, 11) is 0.811. The van der Waals surface area contributed by atoms with E-state index in [1.165, 1.54) is 44.4 Å². The van der Waals surface area contributed by atoms with Crippen LogP contribution >= 0.6 is 0 Å².